The smallest absolute Gasteiger partial charge is 0.321 e. The summed E-state index contributed by atoms with van der Waals surface area (Å²) in [6.07, 6.45) is 7.40. The van der Waals surface area contributed by atoms with Crippen LogP contribution in [0.1, 0.15) is 38.5 Å². The van der Waals surface area contributed by atoms with Crippen LogP contribution < -0.4 is 10.6 Å². The predicted octanol–water partition coefficient (Wildman–Crippen LogP) is 1.10. The van der Waals surface area contributed by atoms with Crippen LogP contribution in [0.25, 0.3) is 0 Å². The first-order valence-electron chi connectivity index (χ1n) is 6.35. The molecule has 1 rings (SSSR count). The van der Waals surface area contributed by atoms with Crippen molar-refractivity contribution in [2.24, 2.45) is 0 Å². The van der Waals surface area contributed by atoms with Crippen molar-refractivity contribution >= 4 is 11.9 Å². The van der Waals surface area contributed by atoms with E-state index in [1.54, 1.807) is 0 Å². The van der Waals surface area contributed by atoms with Gasteiger partial charge in [-0.3, -0.25) is 15.0 Å². The third-order valence-corrected chi connectivity index (χ3v) is 3.32. The van der Waals surface area contributed by atoms with Gasteiger partial charge < -0.3 is 5.32 Å². The van der Waals surface area contributed by atoms with Gasteiger partial charge in [-0.2, -0.15) is 0 Å². The van der Waals surface area contributed by atoms with Gasteiger partial charge in [0.15, 0.2) is 0 Å². The predicted molar refractivity (Wildman–Crippen MR) is 66.7 cm³/mol. The Hall–Kier alpha value is -1.10. The van der Waals surface area contributed by atoms with Gasteiger partial charge >= 0.3 is 6.03 Å². The Bertz CT molecular complexity index is 260. The fraction of sp³-hybridized carbons (Fsp3) is 0.833. The maximum atomic E-state index is 11.5. The normalized spacial score (nSPS) is 17.6. The molecule has 1 fully saturated rings. The van der Waals surface area contributed by atoms with Crippen LogP contribution >= 0.6 is 0 Å². The lowest BCUT2D eigenvalue weighted by Crippen LogP contribution is -2.45. The summed E-state index contributed by atoms with van der Waals surface area (Å²) in [5.74, 6) is -0.240. The molecule has 2 N–H and O–H groups in total. The van der Waals surface area contributed by atoms with Crippen molar-refractivity contribution in [3.63, 3.8) is 0 Å². The fourth-order valence-electron chi connectivity index (χ4n) is 2.28. The molecule has 0 aliphatic heterocycles. The van der Waals surface area contributed by atoms with E-state index >= 15 is 0 Å². The molecule has 0 aromatic carbocycles. The van der Waals surface area contributed by atoms with Gasteiger partial charge in [0, 0.05) is 13.1 Å². The molecule has 3 amide bonds. The summed E-state index contributed by atoms with van der Waals surface area (Å²) in [6.45, 7) is 0.290. The van der Waals surface area contributed by atoms with Gasteiger partial charge in [-0.15, -0.1) is 0 Å². The molecule has 0 aromatic rings. The topological polar surface area (TPSA) is 61.4 Å². The number of amides is 3. The van der Waals surface area contributed by atoms with Crippen LogP contribution in [-0.2, 0) is 4.79 Å². The molecule has 0 radical (unpaired) electrons. The molecule has 0 atom stereocenters. The van der Waals surface area contributed by atoms with Crippen LogP contribution in [-0.4, -0.2) is 43.5 Å². The highest BCUT2D eigenvalue weighted by atomic mass is 16.2. The number of hydrogen-bond donors (Lipinski definition) is 2. The quantitative estimate of drug-likeness (QED) is 0.727. The molecule has 5 nitrogen and oxygen atoms in total. The van der Waals surface area contributed by atoms with E-state index < -0.39 is 6.03 Å². The number of imide groups is 1. The summed E-state index contributed by atoms with van der Waals surface area (Å²) in [6, 6.07) is 0.0391. The summed E-state index contributed by atoms with van der Waals surface area (Å²) in [7, 11) is 3.46. The molecule has 5 heteroatoms. The van der Waals surface area contributed by atoms with Gasteiger partial charge in [0.1, 0.15) is 0 Å². The highest BCUT2D eigenvalue weighted by Gasteiger charge is 2.19. The molecule has 0 spiro atoms. The molecule has 0 aromatic heterocycles. The lowest BCUT2D eigenvalue weighted by Gasteiger charge is -2.26. The molecule has 17 heavy (non-hydrogen) atoms. The van der Waals surface area contributed by atoms with Crippen molar-refractivity contribution in [1.29, 1.82) is 0 Å². The SMILES string of the molecule is CNC(=O)NC(=O)CN(C)C1CCCCCC1. The summed E-state index contributed by atoms with van der Waals surface area (Å²) < 4.78 is 0. The zero-order valence-corrected chi connectivity index (χ0v) is 10.8. The van der Waals surface area contributed by atoms with Crippen molar-refractivity contribution < 1.29 is 9.59 Å². The number of likely N-dealkylation sites (N-methyl/N-ethyl adjacent to an activating group) is 1. The van der Waals surface area contributed by atoms with E-state index in [0.717, 1.165) is 12.8 Å². The van der Waals surface area contributed by atoms with Crippen LogP contribution in [0.4, 0.5) is 4.79 Å². The average molecular weight is 241 g/mol. The summed E-state index contributed by atoms with van der Waals surface area (Å²) in [4.78, 5) is 24.6. The molecule has 98 valence electrons. The van der Waals surface area contributed by atoms with Crippen LogP contribution in [0.3, 0.4) is 0 Å². The van der Waals surface area contributed by atoms with E-state index in [-0.39, 0.29) is 12.5 Å². The van der Waals surface area contributed by atoms with Crippen molar-refractivity contribution in [1.82, 2.24) is 15.5 Å². The summed E-state index contributed by atoms with van der Waals surface area (Å²) in [5.41, 5.74) is 0. The molecule has 0 heterocycles. The number of carbonyl (C=O) groups excluding carboxylic acids is 2. The van der Waals surface area contributed by atoms with E-state index in [0.29, 0.717) is 6.04 Å². The van der Waals surface area contributed by atoms with Gasteiger partial charge in [-0.1, -0.05) is 25.7 Å². The van der Waals surface area contributed by atoms with Gasteiger partial charge in [0.05, 0.1) is 6.54 Å². The van der Waals surface area contributed by atoms with E-state index in [1.165, 1.54) is 32.7 Å². The Kier molecular flexibility index (Phi) is 5.97. The Morgan fingerprint density at radius 2 is 1.76 bits per heavy atom. The largest absolute Gasteiger partial charge is 0.341 e. The number of rotatable bonds is 3. The lowest BCUT2D eigenvalue weighted by atomic mass is 10.1. The summed E-state index contributed by atoms with van der Waals surface area (Å²) in [5, 5.41) is 4.65. The lowest BCUT2D eigenvalue weighted by molar-refractivity contribution is -0.121. The minimum absolute atomic E-state index is 0.240. The zero-order chi connectivity index (χ0) is 12.7. The highest BCUT2D eigenvalue weighted by molar-refractivity contribution is 5.95. The van der Waals surface area contributed by atoms with Crippen molar-refractivity contribution in [3.05, 3.63) is 0 Å². The monoisotopic (exact) mass is 241 g/mol. The second kappa shape index (κ2) is 7.27. The average Bonchev–Trinajstić information content (AvgIpc) is 2.57. The summed E-state index contributed by atoms with van der Waals surface area (Å²) >= 11 is 0. The molecule has 1 saturated carbocycles. The Balaban J connectivity index is 2.33. The van der Waals surface area contributed by atoms with Crippen LogP contribution in [0.2, 0.25) is 0 Å². The first-order chi connectivity index (χ1) is 8.13. The molecular formula is C12H23N3O2. The Labute approximate surface area is 103 Å². The van der Waals surface area contributed by atoms with Crippen molar-refractivity contribution in [2.75, 3.05) is 20.6 Å². The highest BCUT2D eigenvalue weighted by Crippen LogP contribution is 2.20. The van der Waals surface area contributed by atoms with Gasteiger partial charge in [0.2, 0.25) is 5.91 Å². The molecule has 0 unspecified atom stereocenters. The van der Waals surface area contributed by atoms with E-state index in [4.69, 9.17) is 0 Å². The second-order valence-corrected chi connectivity index (χ2v) is 4.69. The maximum absolute atomic E-state index is 11.5. The number of nitrogens with zero attached hydrogens (tertiary/aromatic N) is 1. The number of urea groups is 1. The third-order valence-electron chi connectivity index (χ3n) is 3.32. The van der Waals surface area contributed by atoms with Gasteiger partial charge in [-0.05, 0) is 19.9 Å². The van der Waals surface area contributed by atoms with Crippen LogP contribution in [0, 0.1) is 0 Å². The fourth-order valence-corrected chi connectivity index (χ4v) is 2.28. The maximum Gasteiger partial charge on any atom is 0.321 e. The zero-order valence-electron chi connectivity index (χ0n) is 10.8. The standard InChI is InChI=1S/C12H23N3O2/c1-13-12(17)14-11(16)9-15(2)10-7-5-3-4-6-8-10/h10H,3-9H2,1-2H3,(H2,13,14,16,17). The van der Waals surface area contributed by atoms with Crippen molar-refractivity contribution in [2.45, 2.75) is 44.6 Å². The van der Waals surface area contributed by atoms with Crippen molar-refractivity contribution in [3.8, 4) is 0 Å². The van der Waals surface area contributed by atoms with E-state index in [2.05, 4.69) is 15.5 Å². The minimum Gasteiger partial charge on any atom is -0.341 e. The molecular weight excluding hydrogens is 218 g/mol. The Morgan fingerprint density at radius 1 is 1.18 bits per heavy atom. The molecule has 1 aliphatic rings. The van der Waals surface area contributed by atoms with E-state index in [1.807, 2.05) is 7.05 Å². The van der Waals surface area contributed by atoms with Gasteiger partial charge in [0.25, 0.3) is 0 Å². The number of hydrogen-bond acceptors (Lipinski definition) is 3. The van der Waals surface area contributed by atoms with Crippen LogP contribution in [0.15, 0.2) is 0 Å². The number of nitrogens with one attached hydrogen (secondary N) is 2. The number of carbonyl (C=O) groups is 2. The molecule has 1 aliphatic carbocycles. The van der Waals surface area contributed by atoms with Gasteiger partial charge in [-0.25, -0.2) is 4.79 Å². The van der Waals surface area contributed by atoms with Crippen LogP contribution in [0.5, 0.6) is 0 Å². The Morgan fingerprint density at radius 3 is 2.29 bits per heavy atom. The first kappa shape index (κ1) is 14.0. The molecule has 0 saturated heterocycles. The first-order valence-corrected chi connectivity index (χ1v) is 6.35. The third kappa shape index (κ3) is 5.17. The second-order valence-electron chi connectivity index (χ2n) is 4.69. The minimum atomic E-state index is -0.440. The van der Waals surface area contributed by atoms with E-state index in [9.17, 15) is 9.59 Å². The molecule has 0 bridgehead atoms.